The van der Waals surface area contributed by atoms with E-state index in [9.17, 15) is 4.79 Å². The van der Waals surface area contributed by atoms with Crippen LogP contribution in [0, 0.1) is 0 Å². The zero-order valence-corrected chi connectivity index (χ0v) is 12.0. The van der Waals surface area contributed by atoms with Crippen molar-refractivity contribution in [2.45, 2.75) is 18.9 Å². The number of rotatable bonds is 3. The minimum atomic E-state index is -0.0837. The highest BCUT2D eigenvalue weighted by Crippen LogP contribution is 2.25. The molecule has 0 bridgehead atoms. The molecule has 104 valence electrons. The number of amides is 1. The Labute approximate surface area is 122 Å². The number of carbonyl (C=O) groups excluding carboxylic acids is 1. The van der Waals surface area contributed by atoms with E-state index < -0.39 is 0 Å². The molecule has 0 saturated carbocycles. The molecule has 1 aliphatic heterocycles. The summed E-state index contributed by atoms with van der Waals surface area (Å²) in [5.41, 5.74) is 6.38. The number of nitrogens with two attached hydrogens (primary N) is 1. The molecule has 1 saturated heterocycles. The average molecular weight is 302 g/mol. The summed E-state index contributed by atoms with van der Waals surface area (Å²) in [6, 6.07) is 5.26. The van der Waals surface area contributed by atoms with Crippen LogP contribution in [0.25, 0.3) is 0 Å². The van der Waals surface area contributed by atoms with E-state index in [1.54, 1.807) is 18.2 Å². The zero-order chi connectivity index (χ0) is 13.8. The lowest BCUT2D eigenvalue weighted by Gasteiger charge is -2.29. The number of hydrogen-bond acceptors (Lipinski definition) is 3. The van der Waals surface area contributed by atoms with Crippen molar-refractivity contribution in [3.8, 4) is 0 Å². The van der Waals surface area contributed by atoms with Crippen molar-refractivity contribution in [1.82, 2.24) is 4.90 Å². The molecule has 0 spiro atoms. The lowest BCUT2D eigenvalue weighted by molar-refractivity contribution is -0.117. The highest BCUT2D eigenvalue weighted by molar-refractivity contribution is 6.35. The van der Waals surface area contributed by atoms with Gasteiger partial charge < -0.3 is 11.1 Å². The van der Waals surface area contributed by atoms with Crippen molar-refractivity contribution >= 4 is 34.8 Å². The lowest BCUT2D eigenvalue weighted by Crippen LogP contribution is -2.43. The third kappa shape index (κ3) is 4.35. The number of benzene rings is 1. The van der Waals surface area contributed by atoms with Crippen LogP contribution < -0.4 is 11.1 Å². The fourth-order valence-corrected chi connectivity index (χ4v) is 2.43. The number of anilines is 1. The van der Waals surface area contributed by atoms with Crippen LogP contribution in [0.1, 0.15) is 12.8 Å². The van der Waals surface area contributed by atoms with Gasteiger partial charge in [0.15, 0.2) is 0 Å². The molecule has 3 N–H and O–H groups in total. The van der Waals surface area contributed by atoms with E-state index in [2.05, 4.69) is 10.2 Å². The van der Waals surface area contributed by atoms with Gasteiger partial charge in [0.1, 0.15) is 0 Å². The van der Waals surface area contributed by atoms with Gasteiger partial charge in [-0.05, 0) is 31.0 Å². The second kappa shape index (κ2) is 6.57. The van der Waals surface area contributed by atoms with Gasteiger partial charge in [0.25, 0.3) is 0 Å². The number of carbonyl (C=O) groups is 1. The predicted molar refractivity (Wildman–Crippen MR) is 78.7 cm³/mol. The second-order valence-electron chi connectivity index (χ2n) is 4.79. The van der Waals surface area contributed by atoms with E-state index in [4.69, 9.17) is 28.9 Å². The molecule has 19 heavy (non-hydrogen) atoms. The van der Waals surface area contributed by atoms with Crippen molar-refractivity contribution in [3.63, 3.8) is 0 Å². The Morgan fingerprint density at radius 3 is 2.74 bits per heavy atom. The predicted octanol–water partition coefficient (Wildman–Crippen LogP) is 2.36. The van der Waals surface area contributed by atoms with Crippen LogP contribution in [0.5, 0.6) is 0 Å². The van der Waals surface area contributed by atoms with Crippen LogP contribution in [-0.2, 0) is 4.79 Å². The average Bonchev–Trinajstić information content (AvgIpc) is 2.37. The van der Waals surface area contributed by atoms with E-state index in [0.717, 1.165) is 25.9 Å². The Kier molecular flexibility index (Phi) is 5.05. The molecule has 0 atom stereocenters. The van der Waals surface area contributed by atoms with Crippen LogP contribution in [0.3, 0.4) is 0 Å². The molecule has 0 radical (unpaired) electrons. The zero-order valence-electron chi connectivity index (χ0n) is 10.5. The lowest BCUT2D eigenvalue weighted by atomic mass is 10.1. The quantitative estimate of drug-likeness (QED) is 0.901. The first-order valence-electron chi connectivity index (χ1n) is 6.27. The Bertz CT molecular complexity index is 459. The summed E-state index contributed by atoms with van der Waals surface area (Å²) in [7, 11) is 0. The van der Waals surface area contributed by atoms with Crippen molar-refractivity contribution in [2.24, 2.45) is 5.73 Å². The molecule has 2 rings (SSSR count). The van der Waals surface area contributed by atoms with Crippen molar-refractivity contribution in [2.75, 3.05) is 25.0 Å². The molecular formula is C13H17Cl2N3O. The molecule has 1 aromatic carbocycles. The minimum absolute atomic E-state index is 0.0837. The van der Waals surface area contributed by atoms with Crippen molar-refractivity contribution in [3.05, 3.63) is 28.2 Å². The molecule has 1 aromatic rings. The van der Waals surface area contributed by atoms with Crippen molar-refractivity contribution < 1.29 is 4.79 Å². The smallest absolute Gasteiger partial charge is 0.238 e. The van der Waals surface area contributed by atoms with Crippen molar-refractivity contribution in [1.29, 1.82) is 0 Å². The van der Waals surface area contributed by atoms with Gasteiger partial charge >= 0.3 is 0 Å². The van der Waals surface area contributed by atoms with E-state index >= 15 is 0 Å². The molecule has 0 unspecified atom stereocenters. The summed E-state index contributed by atoms with van der Waals surface area (Å²) >= 11 is 11.9. The van der Waals surface area contributed by atoms with Crippen LogP contribution >= 0.6 is 23.2 Å². The van der Waals surface area contributed by atoms with Gasteiger partial charge in [0.05, 0.1) is 17.3 Å². The Balaban J connectivity index is 1.89. The van der Waals surface area contributed by atoms with Gasteiger partial charge in [-0.3, -0.25) is 9.69 Å². The largest absolute Gasteiger partial charge is 0.328 e. The van der Waals surface area contributed by atoms with Crippen LogP contribution in [0.15, 0.2) is 18.2 Å². The second-order valence-corrected chi connectivity index (χ2v) is 5.63. The third-order valence-corrected chi connectivity index (χ3v) is 3.77. The normalized spacial score (nSPS) is 17.4. The monoisotopic (exact) mass is 301 g/mol. The van der Waals surface area contributed by atoms with Gasteiger partial charge in [0, 0.05) is 24.2 Å². The van der Waals surface area contributed by atoms with Crippen LogP contribution in [0.4, 0.5) is 5.69 Å². The molecule has 1 aliphatic rings. The maximum absolute atomic E-state index is 11.9. The number of likely N-dealkylation sites (tertiary alicyclic amines) is 1. The maximum atomic E-state index is 11.9. The van der Waals surface area contributed by atoms with E-state index in [1.807, 2.05) is 0 Å². The Morgan fingerprint density at radius 1 is 1.37 bits per heavy atom. The first-order valence-corrected chi connectivity index (χ1v) is 7.03. The molecule has 1 fully saturated rings. The molecule has 0 aromatic heterocycles. The van der Waals surface area contributed by atoms with Gasteiger partial charge in [-0.25, -0.2) is 0 Å². The number of halogens is 2. The first kappa shape index (κ1) is 14.6. The highest BCUT2D eigenvalue weighted by Gasteiger charge is 2.18. The van der Waals surface area contributed by atoms with Gasteiger partial charge in [-0.15, -0.1) is 0 Å². The topological polar surface area (TPSA) is 58.4 Å². The molecular weight excluding hydrogens is 285 g/mol. The standard InChI is InChI=1S/C13H17Cl2N3O/c14-9-1-2-11(15)12(7-9)17-13(19)8-18-5-3-10(16)4-6-18/h1-2,7,10H,3-6,8,16H2,(H,17,19). The molecule has 0 aliphatic carbocycles. The van der Waals surface area contributed by atoms with E-state index in [0.29, 0.717) is 22.3 Å². The minimum Gasteiger partial charge on any atom is -0.328 e. The summed E-state index contributed by atoms with van der Waals surface area (Å²) in [5.74, 6) is -0.0837. The number of hydrogen-bond donors (Lipinski definition) is 2. The van der Waals surface area contributed by atoms with Crippen LogP contribution in [0.2, 0.25) is 10.0 Å². The summed E-state index contributed by atoms with van der Waals surface area (Å²) in [4.78, 5) is 14.0. The van der Waals surface area contributed by atoms with Gasteiger partial charge in [-0.2, -0.15) is 0 Å². The van der Waals surface area contributed by atoms with Gasteiger partial charge in [-0.1, -0.05) is 23.2 Å². The van der Waals surface area contributed by atoms with E-state index in [-0.39, 0.29) is 11.9 Å². The summed E-state index contributed by atoms with van der Waals surface area (Å²) in [6.45, 7) is 2.07. The first-order chi connectivity index (χ1) is 9.04. The third-order valence-electron chi connectivity index (χ3n) is 3.20. The SMILES string of the molecule is NC1CCN(CC(=O)Nc2cc(Cl)ccc2Cl)CC1. The molecule has 1 amide bonds. The Hall–Kier alpha value is -0.810. The summed E-state index contributed by atoms with van der Waals surface area (Å²) in [5, 5.41) is 3.81. The molecule has 6 heteroatoms. The van der Waals surface area contributed by atoms with Crippen LogP contribution in [-0.4, -0.2) is 36.5 Å². The molecule has 1 heterocycles. The Morgan fingerprint density at radius 2 is 2.05 bits per heavy atom. The van der Waals surface area contributed by atoms with Gasteiger partial charge in [0.2, 0.25) is 5.91 Å². The molecule has 4 nitrogen and oxygen atoms in total. The maximum Gasteiger partial charge on any atom is 0.238 e. The van der Waals surface area contributed by atoms with E-state index in [1.165, 1.54) is 0 Å². The highest BCUT2D eigenvalue weighted by atomic mass is 35.5. The number of nitrogens with zero attached hydrogens (tertiary/aromatic N) is 1. The summed E-state index contributed by atoms with van der Waals surface area (Å²) < 4.78 is 0. The fraction of sp³-hybridized carbons (Fsp3) is 0.462. The number of nitrogens with one attached hydrogen (secondary N) is 1. The fourth-order valence-electron chi connectivity index (χ4n) is 2.10. The summed E-state index contributed by atoms with van der Waals surface area (Å²) in [6.07, 6.45) is 1.87. The number of piperidine rings is 1.